The summed E-state index contributed by atoms with van der Waals surface area (Å²) in [6.45, 7) is 2.61. The molecule has 6 nitrogen and oxygen atoms in total. The number of carbonyl (C=O) groups is 1. The second kappa shape index (κ2) is 6.36. The number of hydrogen-bond acceptors (Lipinski definition) is 4. The molecule has 0 unspecified atom stereocenters. The quantitative estimate of drug-likeness (QED) is 0.618. The summed E-state index contributed by atoms with van der Waals surface area (Å²) in [5, 5.41) is 16.9. The molecule has 1 amide bonds. The minimum atomic E-state index is -0.439. The van der Waals surface area contributed by atoms with E-state index in [0.717, 1.165) is 25.7 Å². The number of hydrogen-bond donors (Lipinski definition) is 2. The Kier molecular flexibility index (Phi) is 4.55. The van der Waals surface area contributed by atoms with Gasteiger partial charge in [-0.15, -0.1) is 0 Å². The third kappa shape index (κ3) is 3.26. The van der Waals surface area contributed by atoms with Crippen LogP contribution in [0.2, 0.25) is 0 Å². The molecular weight excluding hydrogens is 258 g/mol. The molecule has 0 bridgehead atoms. The molecule has 0 aliphatic heterocycles. The highest BCUT2D eigenvalue weighted by Gasteiger charge is 2.21. The van der Waals surface area contributed by atoms with Crippen molar-refractivity contribution >= 4 is 17.3 Å². The Morgan fingerprint density at radius 2 is 2.20 bits per heavy atom. The van der Waals surface area contributed by atoms with Gasteiger partial charge in [0.15, 0.2) is 0 Å². The van der Waals surface area contributed by atoms with Gasteiger partial charge < -0.3 is 10.6 Å². The predicted molar refractivity (Wildman–Crippen MR) is 77.0 cm³/mol. The highest BCUT2D eigenvalue weighted by Crippen LogP contribution is 2.26. The second-order valence-electron chi connectivity index (χ2n) is 5.02. The fourth-order valence-electron chi connectivity index (χ4n) is 2.06. The molecule has 1 aromatic carbocycles. The van der Waals surface area contributed by atoms with Crippen LogP contribution in [0.4, 0.5) is 11.4 Å². The zero-order chi connectivity index (χ0) is 14.5. The average molecular weight is 277 g/mol. The molecule has 108 valence electrons. The van der Waals surface area contributed by atoms with Crippen LogP contribution in [0.25, 0.3) is 0 Å². The van der Waals surface area contributed by atoms with Crippen LogP contribution >= 0.6 is 0 Å². The van der Waals surface area contributed by atoms with Gasteiger partial charge in [-0.2, -0.15) is 0 Å². The molecular formula is C14H19N3O3. The van der Waals surface area contributed by atoms with Gasteiger partial charge in [0.25, 0.3) is 11.6 Å². The largest absolute Gasteiger partial charge is 0.379 e. The van der Waals surface area contributed by atoms with Gasteiger partial charge in [-0.05, 0) is 37.8 Å². The Morgan fingerprint density at radius 3 is 2.75 bits per heavy atom. The Bertz CT molecular complexity index is 512. The van der Waals surface area contributed by atoms with Crippen molar-refractivity contribution in [3.63, 3.8) is 0 Å². The van der Waals surface area contributed by atoms with Crippen molar-refractivity contribution in [3.8, 4) is 0 Å². The Morgan fingerprint density at radius 1 is 1.45 bits per heavy atom. The molecule has 20 heavy (non-hydrogen) atoms. The predicted octanol–water partition coefficient (Wildman–Crippen LogP) is 2.70. The van der Waals surface area contributed by atoms with Crippen LogP contribution in [0.15, 0.2) is 18.2 Å². The van der Waals surface area contributed by atoms with Crippen LogP contribution in [0.3, 0.4) is 0 Å². The number of amides is 1. The van der Waals surface area contributed by atoms with Crippen molar-refractivity contribution in [3.05, 3.63) is 33.9 Å². The molecule has 1 fully saturated rings. The van der Waals surface area contributed by atoms with Crippen molar-refractivity contribution < 1.29 is 9.72 Å². The van der Waals surface area contributed by atoms with E-state index in [1.807, 2.05) is 6.92 Å². The zero-order valence-electron chi connectivity index (χ0n) is 11.5. The highest BCUT2D eigenvalue weighted by molar-refractivity contribution is 5.96. The topological polar surface area (TPSA) is 84.3 Å². The van der Waals surface area contributed by atoms with E-state index in [0.29, 0.717) is 17.8 Å². The zero-order valence-corrected chi connectivity index (χ0v) is 11.5. The van der Waals surface area contributed by atoms with Gasteiger partial charge in [0.1, 0.15) is 5.69 Å². The van der Waals surface area contributed by atoms with E-state index in [1.54, 1.807) is 6.07 Å². The van der Waals surface area contributed by atoms with Crippen LogP contribution in [0.5, 0.6) is 0 Å². The van der Waals surface area contributed by atoms with Crippen molar-refractivity contribution in [2.24, 2.45) is 0 Å². The SMILES string of the molecule is CCCNc1cc(C(=O)NC2CCC2)ccc1[N+](=O)[O-]. The van der Waals surface area contributed by atoms with E-state index in [4.69, 9.17) is 0 Å². The van der Waals surface area contributed by atoms with Gasteiger partial charge in [-0.1, -0.05) is 6.92 Å². The van der Waals surface area contributed by atoms with Gasteiger partial charge in [0.2, 0.25) is 0 Å². The lowest BCUT2D eigenvalue weighted by Crippen LogP contribution is -2.39. The molecule has 0 saturated heterocycles. The minimum Gasteiger partial charge on any atom is -0.379 e. The Labute approximate surface area is 117 Å². The van der Waals surface area contributed by atoms with E-state index < -0.39 is 4.92 Å². The molecule has 0 spiro atoms. The van der Waals surface area contributed by atoms with Crippen LogP contribution < -0.4 is 10.6 Å². The van der Waals surface area contributed by atoms with E-state index in [1.165, 1.54) is 12.1 Å². The van der Waals surface area contributed by atoms with E-state index in [2.05, 4.69) is 10.6 Å². The van der Waals surface area contributed by atoms with Crippen molar-refractivity contribution in [1.82, 2.24) is 5.32 Å². The molecule has 1 aromatic rings. The first-order valence-electron chi connectivity index (χ1n) is 6.95. The first kappa shape index (κ1) is 14.3. The van der Waals surface area contributed by atoms with Gasteiger partial charge in [-0.25, -0.2) is 0 Å². The Hall–Kier alpha value is -2.11. The monoisotopic (exact) mass is 277 g/mol. The number of nitro groups is 1. The van der Waals surface area contributed by atoms with E-state index in [9.17, 15) is 14.9 Å². The molecule has 2 N–H and O–H groups in total. The molecule has 1 saturated carbocycles. The van der Waals surface area contributed by atoms with Crippen LogP contribution in [-0.4, -0.2) is 23.4 Å². The second-order valence-corrected chi connectivity index (χ2v) is 5.02. The van der Waals surface area contributed by atoms with Gasteiger partial charge >= 0.3 is 0 Å². The summed E-state index contributed by atoms with van der Waals surface area (Å²) < 4.78 is 0. The number of carbonyl (C=O) groups excluding carboxylic acids is 1. The molecule has 2 rings (SSSR count). The third-order valence-corrected chi connectivity index (χ3v) is 3.46. The van der Waals surface area contributed by atoms with E-state index in [-0.39, 0.29) is 17.6 Å². The maximum Gasteiger partial charge on any atom is 0.292 e. The number of nitro benzene ring substituents is 1. The van der Waals surface area contributed by atoms with Gasteiger partial charge in [0, 0.05) is 24.2 Å². The van der Waals surface area contributed by atoms with Gasteiger partial charge in [0.05, 0.1) is 4.92 Å². The van der Waals surface area contributed by atoms with Crippen LogP contribution in [0, 0.1) is 10.1 Å². The number of benzene rings is 1. The fourth-order valence-corrected chi connectivity index (χ4v) is 2.06. The molecule has 6 heteroatoms. The summed E-state index contributed by atoms with van der Waals surface area (Å²) in [6.07, 6.45) is 4.03. The first-order chi connectivity index (χ1) is 9.61. The molecule has 0 heterocycles. The summed E-state index contributed by atoms with van der Waals surface area (Å²) in [6, 6.07) is 4.70. The number of nitrogens with one attached hydrogen (secondary N) is 2. The highest BCUT2D eigenvalue weighted by atomic mass is 16.6. The summed E-state index contributed by atoms with van der Waals surface area (Å²) in [7, 11) is 0. The molecule has 0 atom stereocenters. The summed E-state index contributed by atoms with van der Waals surface area (Å²) in [5.41, 5.74) is 0.859. The summed E-state index contributed by atoms with van der Waals surface area (Å²) >= 11 is 0. The lowest BCUT2D eigenvalue weighted by Gasteiger charge is -2.26. The summed E-state index contributed by atoms with van der Waals surface area (Å²) in [5.74, 6) is -0.163. The Balaban J connectivity index is 2.16. The molecule has 1 aliphatic carbocycles. The van der Waals surface area contributed by atoms with Crippen LogP contribution in [-0.2, 0) is 0 Å². The number of anilines is 1. The number of nitrogens with zero attached hydrogens (tertiary/aromatic N) is 1. The van der Waals surface area contributed by atoms with Crippen molar-refractivity contribution in [2.45, 2.75) is 38.6 Å². The summed E-state index contributed by atoms with van der Waals surface area (Å²) in [4.78, 5) is 22.6. The maximum atomic E-state index is 12.0. The molecule has 0 aromatic heterocycles. The lowest BCUT2D eigenvalue weighted by molar-refractivity contribution is -0.384. The average Bonchev–Trinajstić information content (AvgIpc) is 2.39. The van der Waals surface area contributed by atoms with Gasteiger partial charge in [-0.3, -0.25) is 14.9 Å². The standard InChI is InChI=1S/C14H19N3O3/c1-2-8-15-12-9-10(6-7-13(12)17(19)20)14(18)16-11-4-3-5-11/h6-7,9,11,15H,2-5,8H2,1H3,(H,16,18). The first-order valence-corrected chi connectivity index (χ1v) is 6.95. The van der Waals surface area contributed by atoms with Crippen molar-refractivity contribution in [1.29, 1.82) is 0 Å². The molecule has 0 radical (unpaired) electrons. The smallest absolute Gasteiger partial charge is 0.292 e. The van der Waals surface area contributed by atoms with E-state index >= 15 is 0 Å². The maximum absolute atomic E-state index is 12.0. The van der Waals surface area contributed by atoms with Crippen LogP contribution in [0.1, 0.15) is 43.0 Å². The number of rotatable bonds is 6. The minimum absolute atomic E-state index is 0.00126. The normalized spacial score (nSPS) is 14.4. The molecule has 1 aliphatic rings. The fraction of sp³-hybridized carbons (Fsp3) is 0.500. The lowest BCUT2D eigenvalue weighted by atomic mass is 9.93. The third-order valence-electron chi connectivity index (χ3n) is 3.46. The van der Waals surface area contributed by atoms with Crippen molar-refractivity contribution in [2.75, 3.05) is 11.9 Å².